The van der Waals surface area contributed by atoms with E-state index in [0.29, 0.717) is 68.1 Å². The summed E-state index contributed by atoms with van der Waals surface area (Å²) in [6.07, 6.45) is 37.4. The Morgan fingerprint density at radius 1 is 0.388 bits per heavy atom. The van der Waals surface area contributed by atoms with Crippen molar-refractivity contribution >= 4 is 23.8 Å². The Bertz CT molecular complexity index is 1790. The highest BCUT2D eigenvalue weighted by Crippen LogP contribution is 2.21. The number of urea groups is 1. The van der Waals surface area contributed by atoms with Crippen molar-refractivity contribution in [2.45, 2.75) is 353 Å². The van der Waals surface area contributed by atoms with E-state index in [9.17, 15) is 23.6 Å². The number of aliphatic hydroxyl groups is 2. The summed E-state index contributed by atoms with van der Waals surface area (Å²) in [7, 11) is 0. The van der Waals surface area contributed by atoms with Gasteiger partial charge in [-0.2, -0.15) is 0 Å². The summed E-state index contributed by atoms with van der Waals surface area (Å²) in [5, 5.41) is 29.3. The zero-order valence-corrected chi connectivity index (χ0v) is 60.6. The fourth-order valence-corrected chi connectivity index (χ4v) is 12.5. The average molecular weight is 1410 g/mol. The predicted molar refractivity (Wildman–Crippen MR) is 396 cm³/mol. The summed E-state index contributed by atoms with van der Waals surface area (Å²) in [5.74, 6) is 0.280. The molecular weight excluding hydrogens is 1250 g/mol. The Morgan fingerprint density at radius 2 is 0.847 bits per heavy atom. The number of nitrogens with two attached hydrogens (primary N) is 16. The first-order valence-corrected chi connectivity index (χ1v) is 38.1. The van der Waals surface area contributed by atoms with Crippen molar-refractivity contribution in [2.75, 3.05) is 59.0 Å². The SMILES string of the molecule is NC(=O)N1CCC(N)CC1.NC1CCC(=O)NC1.NC1CCC(N)CC1.NC1CCC(O)CC1.NC1CCCC(F)C1.NC1CCCC(N)C1.NC1CCCC(O)C1.NC1CCCCC1N.NC1CCCCNC1=O.NC1CCCNC1.NC1CCCOC1.NC1CCNC(=O)CC1. The van der Waals surface area contributed by atoms with Gasteiger partial charge in [0.2, 0.25) is 17.7 Å². The van der Waals surface area contributed by atoms with Crippen LogP contribution in [-0.2, 0) is 19.1 Å². The first kappa shape index (κ1) is 92.9. The van der Waals surface area contributed by atoms with Crippen molar-refractivity contribution in [2.24, 2.45) is 91.7 Å². The maximum atomic E-state index is 12.4. The van der Waals surface area contributed by atoms with Gasteiger partial charge in [0.1, 0.15) is 6.17 Å². The van der Waals surface area contributed by atoms with Gasteiger partial charge in [-0.3, -0.25) is 14.4 Å². The number of aliphatic hydroxyl groups excluding tert-OH is 2. The number of carbonyl (C=O) groups excluding carboxylic acids is 4. The average Bonchev–Trinajstić information content (AvgIpc) is 1.44. The molecule has 13 atom stereocenters. The molecule has 0 aromatic carbocycles. The molecule has 6 saturated heterocycles. The number of hydrogen-bond donors (Lipinski definition) is 22. The summed E-state index contributed by atoms with van der Waals surface area (Å²) in [6, 6.07) is 3.81. The van der Waals surface area contributed by atoms with Crippen molar-refractivity contribution in [1.29, 1.82) is 0 Å². The van der Waals surface area contributed by atoms with Crippen LogP contribution in [0.2, 0.25) is 0 Å². The molecule has 0 aromatic rings. The number of amides is 5. The van der Waals surface area contributed by atoms with Crippen LogP contribution >= 0.6 is 0 Å². The lowest BCUT2D eigenvalue weighted by Crippen LogP contribution is -2.45. The van der Waals surface area contributed by atoms with E-state index in [1.165, 1.54) is 44.9 Å². The quantitative estimate of drug-likeness (QED) is 0.153. The van der Waals surface area contributed by atoms with E-state index in [1.807, 2.05) is 0 Å². The van der Waals surface area contributed by atoms with Crippen LogP contribution in [0.15, 0.2) is 0 Å². The van der Waals surface area contributed by atoms with Gasteiger partial charge in [0.15, 0.2) is 0 Å². The first-order chi connectivity index (χ1) is 46.6. The minimum absolute atomic E-state index is 0.00694. The summed E-state index contributed by atoms with van der Waals surface area (Å²) in [5.41, 5.74) is 88.8. The maximum absolute atomic E-state index is 12.4. The molecule has 6 heterocycles. The Labute approximate surface area is 589 Å². The molecule has 29 heteroatoms. The normalized spacial score (nSPS) is 34.1. The van der Waals surface area contributed by atoms with E-state index in [1.54, 1.807) is 4.90 Å². The molecule has 6 aliphatic carbocycles. The van der Waals surface area contributed by atoms with Crippen LogP contribution in [0.5, 0.6) is 0 Å². The molecule has 0 aromatic heterocycles. The van der Waals surface area contributed by atoms with Gasteiger partial charge in [0, 0.05) is 143 Å². The molecule has 0 bridgehead atoms. The highest BCUT2D eigenvalue weighted by atomic mass is 19.1. The van der Waals surface area contributed by atoms with Crippen LogP contribution in [0.4, 0.5) is 9.18 Å². The van der Waals surface area contributed by atoms with Crippen LogP contribution in [0.25, 0.3) is 0 Å². The van der Waals surface area contributed by atoms with Crippen LogP contribution < -0.4 is 113 Å². The smallest absolute Gasteiger partial charge is 0.314 e. The Hall–Kier alpha value is -3.15. The van der Waals surface area contributed by atoms with Crippen LogP contribution in [0.1, 0.15) is 244 Å². The summed E-state index contributed by atoms with van der Waals surface area (Å²) in [6.45, 7) is 7.49. The minimum Gasteiger partial charge on any atom is -0.393 e. The Balaban J connectivity index is 0.000000535. The second-order valence-electron chi connectivity index (χ2n) is 29.3. The van der Waals surface area contributed by atoms with Crippen molar-refractivity contribution in [3.63, 3.8) is 0 Å². The summed E-state index contributed by atoms with van der Waals surface area (Å²) in [4.78, 5) is 44.1. The maximum Gasteiger partial charge on any atom is 0.314 e. The third-order valence-corrected chi connectivity index (χ3v) is 19.4. The number of likely N-dealkylation sites (tertiary alicyclic amines) is 1. The largest absolute Gasteiger partial charge is 0.393 e. The molecule has 0 spiro atoms. The molecule has 13 unspecified atom stereocenters. The van der Waals surface area contributed by atoms with Gasteiger partial charge in [-0.25, -0.2) is 9.18 Å². The molecule has 98 heavy (non-hydrogen) atoms. The molecule has 28 nitrogen and oxygen atoms in total. The molecule has 12 fully saturated rings. The van der Waals surface area contributed by atoms with Crippen LogP contribution in [0, 0.1) is 0 Å². The molecule has 12 aliphatic rings. The van der Waals surface area contributed by atoms with Crippen LogP contribution in [0.3, 0.4) is 0 Å². The van der Waals surface area contributed by atoms with E-state index in [0.717, 1.165) is 232 Å². The second kappa shape index (κ2) is 58.3. The zero-order valence-electron chi connectivity index (χ0n) is 60.6. The van der Waals surface area contributed by atoms with Crippen molar-refractivity contribution in [3.8, 4) is 0 Å². The zero-order chi connectivity index (χ0) is 73.0. The Morgan fingerprint density at radius 3 is 1.22 bits per heavy atom. The van der Waals surface area contributed by atoms with E-state index < -0.39 is 6.17 Å². The minimum atomic E-state index is -0.612. The standard InChI is InChI=1S/C6H12FN.C6H13N3O.2C6H12N2O.3C6H14N2.2C6H13NO.C5H10N2O.C5H12N2.C5H11NO/c7-5-2-1-3-6(8)4-5;7-5-1-3-9(4-2-5)6(8)10;7-5-1-2-6(9)8-4-3-5;7-5-3-1-2-4-8-6(5)9;7-5-1-2-6(8)4-3-5;7-5-2-1-3-6(8)4-5;7-5-3-1-2-4-6(5)8;7-5-1-3-6(8)4-2-5;7-5-2-1-3-6(8)4-5;6-4-1-2-5(8)7-3-4;2*6-5-2-1-3-7-4-5/h5-6H,1-4,8H2;5H,1-4,7H2,(H2,8,10);2*5H,1-4,7H2,(H,8,9);3*5-6H,1-4,7-8H2;2*5-6,8H,1-4,7H2;4H,1-3,6H2,(H,7,8);5,7H,1-4,6H2;5H,1-4,6H2. The van der Waals surface area contributed by atoms with Crippen molar-refractivity contribution in [3.05, 3.63) is 0 Å². The number of hydrogen-bond acceptors (Lipinski definition) is 23. The van der Waals surface area contributed by atoms with Crippen molar-refractivity contribution < 1.29 is 38.5 Å². The van der Waals surface area contributed by atoms with E-state index in [4.69, 9.17) is 107 Å². The predicted octanol–water partition coefficient (Wildman–Crippen LogP) is 0.129. The van der Waals surface area contributed by atoms with Gasteiger partial charge >= 0.3 is 6.03 Å². The van der Waals surface area contributed by atoms with E-state index in [-0.39, 0.29) is 84.3 Å². The number of halogens is 1. The Kier molecular flexibility index (Phi) is 55.2. The molecule has 6 saturated carbocycles. The van der Waals surface area contributed by atoms with E-state index >= 15 is 0 Å². The molecule has 0 radical (unpaired) electrons. The number of nitrogens with one attached hydrogen (secondary N) is 4. The molecule has 6 aliphatic heterocycles. The topological polar surface area (TPSA) is 586 Å². The lowest BCUT2D eigenvalue weighted by Gasteiger charge is -2.28. The van der Waals surface area contributed by atoms with Gasteiger partial charge in [-0.15, -0.1) is 0 Å². The number of piperidine rings is 3. The fourth-order valence-electron chi connectivity index (χ4n) is 12.5. The highest BCUT2D eigenvalue weighted by molar-refractivity contribution is 5.81. The number of nitrogens with zero attached hydrogens (tertiary/aromatic N) is 1. The third kappa shape index (κ3) is 53.6. The lowest BCUT2D eigenvalue weighted by molar-refractivity contribution is -0.123. The molecule has 38 N–H and O–H groups in total. The lowest BCUT2D eigenvalue weighted by atomic mass is 9.92. The first-order valence-electron chi connectivity index (χ1n) is 38.1. The van der Waals surface area contributed by atoms with Gasteiger partial charge < -0.3 is 133 Å². The van der Waals surface area contributed by atoms with Gasteiger partial charge in [-0.05, 0) is 218 Å². The highest BCUT2D eigenvalue weighted by Gasteiger charge is 2.22. The summed E-state index contributed by atoms with van der Waals surface area (Å²) >= 11 is 0. The second-order valence-corrected chi connectivity index (χ2v) is 29.3. The number of rotatable bonds is 0. The summed E-state index contributed by atoms with van der Waals surface area (Å²) < 4.78 is 17.4. The van der Waals surface area contributed by atoms with Crippen molar-refractivity contribution in [1.82, 2.24) is 26.2 Å². The van der Waals surface area contributed by atoms with Crippen LogP contribution in [-0.4, -0.2) is 207 Å². The fraction of sp³-hybridized carbons (Fsp3) is 0.942. The molecule has 580 valence electrons. The van der Waals surface area contributed by atoms with Gasteiger partial charge in [-0.1, -0.05) is 19.3 Å². The molecule has 12 rings (SSSR count). The number of primary amides is 1. The van der Waals surface area contributed by atoms with Gasteiger partial charge in [0.05, 0.1) is 24.9 Å². The third-order valence-electron chi connectivity index (χ3n) is 19.4. The van der Waals surface area contributed by atoms with Gasteiger partial charge in [0.25, 0.3) is 0 Å². The number of ether oxygens (including phenoxy) is 1. The van der Waals surface area contributed by atoms with E-state index in [2.05, 4.69) is 21.3 Å². The number of carbonyl (C=O) groups is 4. The number of alkyl halides is 1. The molecular formula is C69H150FN21O7. The monoisotopic (exact) mass is 1400 g/mol. The molecule has 5 amide bonds.